The predicted molar refractivity (Wildman–Crippen MR) is 118 cm³/mol. The van der Waals surface area contributed by atoms with Crippen LogP contribution in [-0.2, 0) is 6.42 Å². The molecule has 0 spiro atoms. The molecule has 0 radical (unpaired) electrons. The maximum Gasteiger partial charge on any atom is 0.273 e. The molecule has 1 amide bonds. The van der Waals surface area contributed by atoms with Crippen LogP contribution in [-0.4, -0.2) is 36.5 Å². The van der Waals surface area contributed by atoms with Gasteiger partial charge in [-0.15, -0.1) is 11.3 Å². The topological polar surface area (TPSA) is 81.9 Å². The van der Waals surface area contributed by atoms with Gasteiger partial charge in [0, 0.05) is 28.6 Å². The number of rotatable bonds is 5. The van der Waals surface area contributed by atoms with Gasteiger partial charge in [-0.3, -0.25) is 14.9 Å². The molecule has 1 unspecified atom stereocenters. The van der Waals surface area contributed by atoms with Crippen molar-refractivity contribution in [2.45, 2.75) is 19.4 Å². The summed E-state index contributed by atoms with van der Waals surface area (Å²) in [7, 11) is 3.19. The Morgan fingerprint density at radius 2 is 1.90 bits per heavy atom. The highest BCUT2D eigenvalue weighted by atomic mass is 32.1. The molecule has 0 fully saturated rings. The maximum atomic E-state index is 13.5. The van der Waals surface area contributed by atoms with Crippen LogP contribution < -0.4 is 9.47 Å². The smallest absolute Gasteiger partial charge is 0.273 e. The number of hydrogen-bond acceptors (Lipinski definition) is 6. The summed E-state index contributed by atoms with van der Waals surface area (Å²) in [5.74, 6) is 1.02. The van der Waals surface area contributed by atoms with Crippen LogP contribution >= 0.6 is 11.3 Å². The first kappa shape index (κ1) is 20.9. The zero-order valence-electron chi connectivity index (χ0n) is 17.5. The lowest BCUT2D eigenvalue weighted by molar-refractivity contribution is -0.385. The second-order valence-electron chi connectivity index (χ2n) is 7.33. The molecule has 31 heavy (non-hydrogen) atoms. The van der Waals surface area contributed by atoms with Gasteiger partial charge < -0.3 is 14.4 Å². The molecule has 1 aliphatic rings. The minimum atomic E-state index is -0.453. The van der Waals surface area contributed by atoms with E-state index < -0.39 is 4.92 Å². The maximum absolute atomic E-state index is 13.5. The third kappa shape index (κ3) is 3.74. The van der Waals surface area contributed by atoms with Crippen molar-refractivity contribution in [1.82, 2.24) is 4.90 Å². The number of nitro groups is 1. The summed E-state index contributed by atoms with van der Waals surface area (Å²) in [5.41, 5.74) is 2.85. The highest BCUT2D eigenvalue weighted by Gasteiger charge is 2.35. The van der Waals surface area contributed by atoms with Gasteiger partial charge in [0.05, 0.1) is 25.2 Å². The number of aryl methyl sites for hydroxylation is 1. The number of thiophene rings is 1. The van der Waals surface area contributed by atoms with Crippen LogP contribution in [0.15, 0.2) is 47.8 Å². The molecule has 3 aromatic rings. The number of carbonyl (C=O) groups is 1. The Morgan fingerprint density at radius 3 is 2.55 bits per heavy atom. The molecule has 1 atom stereocenters. The summed E-state index contributed by atoms with van der Waals surface area (Å²) in [5, 5.41) is 13.4. The van der Waals surface area contributed by atoms with E-state index in [1.165, 1.54) is 6.07 Å². The van der Waals surface area contributed by atoms with E-state index in [0.29, 0.717) is 35.6 Å². The minimum Gasteiger partial charge on any atom is -0.493 e. The molecule has 2 heterocycles. The highest BCUT2D eigenvalue weighted by Crippen LogP contribution is 2.42. The van der Waals surface area contributed by atoms with E-state index in [2.05, 4.69) is 0 Å². The van der Waals surface area contributed by atoms with Gasteiger partial charge in [0.15, 0.2) is 11.5 Å². The van der Waals surface area contributed by atoms with Crippen molar-refractivity contribution in [2.24, 2.45) is 0 Å². The fourth-order valence-corrected chi connectivity index (χ4v) is 4.88. The number of benzene rings is 2. The Hall–Kier alpha value is -3.39. The third-order valence-electron chi connectivity index (χ3n) is 5.60. The Kier molecular flexibility index (Phi) is 5.65. The predicted octanol–water partition coefficient (Wildman–Crippen LogP) is 4.77. The lowest BCUT2D eigenvalue weighted by atomic mass is 9.90. The number of nitrogens with zero attached hydrogens (tertiary/aromatic N) is 2. The molecule has 1 aliphatic heterocycles. The van der Waals surface area contributed by atoms with Crippen LogP contribution in [0.3, 0.4) is 0 Å². The molecule has 1 aromatic heterocycles. The van der Waals surface area contributed by atoms with Crippen LogP contribution in [0.5, 0.6) is 11.5 Å². The first-order valence-electron chi connectivity index (χ1n) is 9.78. The van der Waals surface area contributed by atoms with Crippen molar-refractivity contribution >= 4 is 22.9 Å². The minimum absolute atomic E-state index is 0.0534. The average molecular weight is 439 g/mol. The molecule has 2 aromatic carbocycles. The summed E-state index contributed by atoms with van der Waals surface area (Å²) in [4.78, 5) is 27.3. The number of nitro benzene ring substituents is 1. The van der Waals surface area contributed by atoms with E-state index in [4.69, 9.17) is 9.47 Å². The molecule has 160 valence electrons. The van der Waals surface area contributed by atoms with Gasteiger partial charge >= 0.3 is 0 Å². The number of methoxy groups -OCH3 is 2. The molecular weight excluding hydrogens is 416 g/mol. The summed E-state index contributed by atoms with van der Waals surface area (Å²) in [6.07, 6.45) is 0.650. The molecule has 8 heteroatoms. The Bertz CT molecular complexity index is 1140. The van der Waals surface area contributed by atoms with Crippen molar-refractivity contribution in [3.05, 3.63) is 85.1 Å². The molecule has 7 nitrogen and oxygen atoms in total. The first-order valence-corrected chi connectivity index (χ1v) is 10.7. The number of carbonyl (C=O) groups excluding carboxylic acids is 1. The van der Waals surface area contributed by atoms with Crippen molar-refractivity contribution in [1.29, 1.82) is 0 Å². The number of hydrogen-bond donors (Lipinski definition) is 0. The van der Waals surface area contributed by atoms with Crippen molar-refractivity contribution in [2.75, 3.05) is 20.8 Å². The van der Waals surface area contributed by atoms with Gasteiger partial charge in [0.2, 0.25) is 0 Å². The average Bonchev–Trinajstić information content (AvgIpc) is 3.31. The van der Waals surface area contributed by atoms with E-state index in [0.717, 1.165) is 16.0 Å². The number of fused-ring (bicyclic) bond motifs is 1. The van der Waals surface area contributed by atoms with Gasteiger partial charge in [-0.25, -0.2) is 0 Å². The normalized spacial score (nSPS) is 15.3. The lowest BCUT2D eigenvalue weighted by Gasteiger charge is -2.37. The monoisotopic (exact) mass is 438 g/mol. The molecule has 0 N–H and O–H groups in total. The second kappa shape index (κ2) is 8.39. The van der Waals surface area contributed by atoms with Crippen LogP contribution in [0.1, 0.15) is 38.0 Å². The number of ether oxygens (including phenoxy) is 2. The lowest BCUT2D eigenvalue weighted by Crippen LogP contribution is -2.40. The standard InChI is InChI=1S/C23H22N2O5S/c1-14-6-7-16(11-18(14)25(27)28)23(26)24-9-8-15-12-19(29-2)20(30-3)13-17(15)22(24)21-5-4-10-31-21/h4-7,10-13,22H,8-9H2,1-3H3. The van der Waals surface area contributed by atoms with E-state index in [1.54, 1.807) is 49.5 Å². The van der Waals surface area contributed by atoms with Crippen LogP contribution in [0.2, 0.25) is 0 Å². The molecule has 0 aliphatic carbocycles. The van der Waals surface area contributed by atoms with Crippen LogP contribution in [0.4, 0.5) is 5.69 Å². The van der Waals surface area contributed by atoms with E-state index in [-0.39, 0.29) is 17.6 Å². The summed E-state index contributed by atoms with van der Waals surface area (Å²) in [6, 6.07) is 12.2. The Labute approximate surface area is 184 Å². The Morgan fingerprint density at radius 1 is 1.16 bits per heavy atom. The second-order valence-corrected chi connectivity index (χ2v) is 8.31. The zero-order valence-corrected chi connectivity index (χ0v) is 18.3. The van der Waals surface area contributed by atoms with Gasteiger partial charge in [-0.1, -0.05) is 12.1 Å². The summed E-state index contributed by atoms with van der Waals surface area (Å²) in [6.45, 7) is 2.16. The molecule has 4 rings (SSSR count). The highest BCUT2D eigenvalue weighted by molar-refractivity contribution is 7.10. The molecule has 0 saturated carbocycles. The van der Waals surface area contributed by atoms with Gasteiger partial charge in [0.25, 0.3) is 11.6 Å². The quantitative estimate of drug-likeness (QED) is 0.423. The van der Waals surface area contributed by atoms with E-state index in [9.17, 15) is 14.9 Å². The van der Waals surface area contributed by atoms with Crippen molar-refractivity contribution in [3.8, 4) is 11.5 Å². The number of amides is 1. The Balaban J connectivity index is 1.81. The summed E-state index contributed by atoms with van der Waals surface area (Å²) < 4.78 is 11.0. The summed E-state index contributed by atoms with van der Waals surface area (Å²) >= 11 is 1.57. The van der Waals surface area contributed by atoms with Gasteiger partial charge in [0.1, 0.15) is 0 Å². The SMILES string of the molecule is COc1cc2c(cc1OC)C(c1cccs1)N(C(=O)c1ccc(C)c([N+](=O)[O-])c1)CC2. The third-order valence-corrected chi connectivity index (χ3v) is 6.52. The van der Waals surface area contributed by atoms with Crippen molar-refractivity contribution < 1.29 is 19.2 Å². The van der Waals surface area contributed by atoms with E-state index in [1.807, 2.05) is 29.6 Å². The fraction of sp³-hybridized carbons (Fsp3) is 0.261. The molecular formula is C23H22N2O5S. The first-order chi connectivity index (χ1) is 14.9. The van der Waals surface area contributed by atoms with Gasteiger partial charge in [-0.2, -0.15) is 0 Å². The molecule has 0 saturated heterocycles. The van der Waals surface area contributed by atoms with Gasteiger partial charge in [-0.05, 0) is 54.1 Å². The van der Waals surface area contributed by atoms with Crippen LogP contribution in [0, 0.1) is 17.0 Å². The van der Waals surface area contributed by atoms with Crippen molar-refractivity contribution in [3.63, 3.8) is 0 Å². The van der Waals surface area contributed by atoms with Crippen LogP contribution in [0.25, 0.3) is 0 Å². The zero-order chi connectivity index (χ0) is 22.1. The fourth-order valence-electron chi connectivity index (χ4n) is 4.02. The largest absolute Gasteiger partial charge is 0.493 e. The molecule has 0 bridgehead atoms. The van der Waals surface area contributed by atoms with E-state index >= 15 is 0 Å².